The molecule has 0 amide bonds. The number of nitrogens with one attached hydrogen (secondary N) is 1. The lowest BCUT2D eigenvalue weighted by molar-refractivity contribution is 0.451. The molecule has 2 aromatic heterocycles. The van der Waals surface area contributed by atoms with Gasteiger partial charge in [-0.25, -0.2) is 9.67 Å². The molecular formula is C15H23N5. The summed E-state index contributed by atoms with van der Waals surface area (Å²) >= 11 is 0. The highest BCUT2D eigenvalue weighted by Gasteiger charge is 2.15. The van der Waals surface area contributed by atoms with Crippen LogP contribution in [0.5, 0.6) is 0 Å². The van der Waals surface area contributed by atoms with Crippen molar-refractivity contribution in [1.29, 1.82) is 0 Å². The lowest BCUT2D eigenvalue weighted by atomic mass is 10.0. The first-order valence-corrected chi connectivity index (χ1v) is 7.06. The molecule has 5 heteroatoms. The van der Waals surface area contributed by atoms with Crippen LogP contribution in [-0.4, -0.2) is 26.8 Å². The van der Waals surface area contributed by atoms with E-state index in [9.17, 15) is 0 Å². The van der Waals surface area contributed by atoms with E-state index in [-0.39, 0.29) is 6.04 Å². The van der Waals surface area contributed by atoms with Crippen LogP contribution in [0.25, 0.3) is 0 Å². The fourth-order valence-electron chi connectivity index (χ4n) is 2.30. The van der Waals surface area contributed by atoms with Crippen LogP contribution in [0.4, 0.5) is 0 Å². The summed E-state index contributed by atoms with van der Waals surface area (Å²) in [4.78, 5) is 8.65. The third-order valence-electron chi connectivity index (χ3n) is 3.29. The van der Waals surface area contributed by atoms with Gasteiger partial charge in [-0.05, 0) is 37.6 Å². The van der Waals surface area contributed by atoms with E-state index < -0.39 is 0 Å². The number of hydrogen-bond donors (Lipinski definition) is 1. The summed E-state index contributed by atoms with van der Waals surface area (Å²) < 4.78 is 2.00. The van der Waals surface area contributed by atoms with Gasteiger partial charge in [0.2, 0.25) is 0 Å². The van der Waals surface area contributed by atoms with E-state index in [1.807, 2.05) is 24.9 Å². The van der Waals surface area contributed by atoms with Gasteiger partial charge in [-0.15, -0.1) is 0 Å². The summed E-state index contributed by atoms with van der Waals surface area (Å²) in [5, 5.41) is 7.68. The molecule has 0 aliphatic rings. The summed E-state index contributed by atoms with van der Waals surface area (Å²) in [6.07, 6.45) is 4.32. The second-order valence-corrected chi connectivity index (χ2v) is 5.53. The second kappa shape index (κ2) is 6.61. The van der Waals surface area contributed by atoms with Gasteiger partial charge in [0, 0.05) is 30.9 Å². The summed E-state index contributed by atoms with van der Waals surface area (Å²) in [6.45, 7) is 7.29. The standard InChI is InChI=1S/C15H23N5/c1-11(2)9-20-15(18-10-19-20)8-14(16-4)13-5-6-17-12(3)7-13/h5-7,10-11,14,16H,8-9H2,1-4H3. The smallest absolute Gasteiger partial charge is 0.138 e. The van der Waals surface area contributed by atoms with E-state index in [2.05, 4.69) is 46.4 Å². The van der Waals surface area contributed by atoms with Gasteiger partial charge in [0.05, 0.1) is 0 Å². The lowest BCUT2D eigenvalue weighted by Crippen LogP contribution is -2.22. The molecule has 0 spiro atoms. The van der Waals surface area contributed by atoms with Crippen LogP contribution in [0.3, 0.4) is 0 Å². The van der Waals surface area contributed by atoms with Gasteiger partial charge in [0.25, 0.3) is 0 Å². The highest BCUT2D eigenvalue weighted by Crippen LogP contribution is 2.17. The summed E-state index contributed by atoms with van der Waals surface area (Å²) in [6, 6.07) is 4.40. The van der Waals surface area contributed by atoms with Crippen LogP contribution in [0.2, 0.25) is 0 Å². The van der Waals surface area contributed by atoms with E-state index in [0.717, 1.165) is 24.5 Å². The Labute approximate surface area is 120 Å². The number of nitrogens with zero attached hydrogens (tertiary/aromatic N) is 4. The topological polar surface area (TPSA) is 55.6 Å². The van der Waals surface area contributed by atoms with Crippen molar-refractivity contribution < 1.29 is 0 Å². The number of hydrogen-bond acceptors (Lipinski definition) is 4. The van der Waals surface area contributed by atoms with Crippen molar-refractivity contribution in [2.75, 3.05) is 7.05 Å². The Morgan fingerprint density at radius 3 is 2.75 bits per heavy atom. The minimum absolute atomic E-state index is 0.229. The minimum Gasteiger partial charge on any atom is -0.313 e. The first kappa shape index (κ1) is 14.7. The molecule has 0 aliphatic heterocycles. The predicted octanol–water partition coefficient (Wildman–Crippen LogP) is 2.14. The Kier molecular flexibility index (Phi) is 4.84. The predicted molar refractivity (Wildman–Crippen MR) is 79.3 cm³/mol. The Bertz CT molecular complexity index is 547. The zero-order valence-corrected chi connectivity index (χ0v) is 12.7. The normalized spacial score (nSPS) is 12.8. The van der Waals surface area contributed by atoms with Gasteiger partial charge >= 0.3 is 0 Å². The highest BCUT2D eigenvalue weighted by molar-refractivity contribution is 5.20. The van der Waals surface area contributed by atoms with Gasteiger partial charge in [-0.1, -0.05) is 13.8 Å². The van der Waals surface area contributed by atoms with Crippen LogP contribution < -0.4 is 5.32 Å². The Hall–Kier alpha value is -1.75. The quantitative estimate of drug-likeness (QED) is 0.876. The van der Waals surface area contributed by atoms with E-state index in [1.165, 1.54) is 5.56 Å². The number of likely N-dealkylation sites (N-methyl/N-ethyl adjacent to an activating group) is 1. The average Bonchev–Trinajstić information content (AvgIpc) is 2.82. The van der Waals surface area contributed by atoms with Crippen molar-refractivity contribution in [3.63, 3.8) is 0 Å². The molecule has 2 heterocycles. The van der Waals surface area contributed by atoms with Gasteiger partial charge < -0.3 is 5.32 Å². The van der Waals surface area contributed by atoms with Crippen LogP contribution in [0.15, 0.2) is 24.7 Å². The molecular weight excluding hydrogens is 250 g/mol. The maximum absolute atomic E-state index is 4.40. The molecule has 0 saturated carbocycles. The van der Waals surface area contributed by atoms with Crippen LogP contribution >= 0.6 is 0 Å². The maximum Gasteiger partial charge on any atom is 0.138 e. The van der Waals surface area contributed by atoms with E-state index in [0.29, 0.717) is 5.92 Å². The van der Waals surface area contributed by atoms with Crippen molar-refractivity contribution in [3.05, 3.63) is 41.7 Å². The number of pyridine rings is 1. The second-order valence-electron chi connectivity index (χ2n) is 5.53. The first-order chi connectivity index (χ1) is 9.60. The summed E-state index contributed by atoms with van der Waals surface area (Å²) in [5.41, 5.74) is 2.27. The molecule has 0 aromatic carbocycles. The number of aryl methyl sites for hydroxylation is 1. The molecule has 5 nitrogen and oxygen atoms in total. The zero-order chi connectivity index (χ0) is 14.5. The van der Waals surface area contributed by atoms with Crippen molar-refractivity contribution >= 4 is 0 Å². The molecule has 0 saturated heterocycles. The Balaban J connectivity index is 2.16. The van der Waals surface area contributed by atoms with Crippen LogP contribution in [0.1, 0.15) is 37.0 Å². The molecule has 0 aliphatic carbocycles. The molecule has 1 unspecified atom stereocenters. The molecule has 0 bridgehead atoms. The van der Waals surface area contributed by atoms with Crippen molar-refractivity contribution in [2.24, 2.45) is 5.92 Å². The van der Waals surface area contributed by atoms with E-state index in [1.54, 1.807) is 6.33 Å². The van der Waals surface area contributed by atoms with Crippen molar-refractivity contribution in [1.82, 2.24) is 25.1 Å². The zero-order valence-electron chi connectivity index (χ0n) is 12.7. The van der Waals surface area contributed by atoms with Gasteiger partial charge in [-0.2, -0.15) is 5.10 Å². The molecule has 0 radical (unpaired) electrons. The Morgan fingerprint density at radius 1 is 1.30 bits per heavy atom. The van der Waals surface area contributed by atoms with Crippen molar-refractivity contribution in [3.8, 4) is 0 Å². The summed E-state index contributed by atoms with van der Waals surface area (Å²) in [5.74, 6) is 1.58. The third-order valence-corrected chi connectivity index (χ3v) is 3.29. The van der Waals surface area contributed by atoms with Gasteiger partial charge in [-0.3, -0.25) is 4.98 Å². The average molecular weight is 273 g/mol. The lowest BCUT2D eigenvalue weighted by Gasteiger charge is -2.17. The molecule has 1 N–H and O–H groups in total. The molecule has 1 atom stereocenters. The van der Waals surface area contributed by atoms with Gasteiger partial charge in [0.1, 0.15) is 12.2 Å². The fourth-order valence-corrected chi connectivity index (χ4v) is 2.30. The highest BCUT2D eigenvalue weighted by atomic mass is 15.3. The molecule has 20 heavy (non-hydrogen) atoms. The SMILES string of the molecule is CNC(Cc1ncnn1CC(C)C)c1ccnc(C)c1. The minimum atomic E-state index is 0.229. The number of rotatable bonds is 6. The number of aromatic nitrogens is 4. The Morgan fingerprint density at radius 2 is 2.10 bits per heavy atom. The molecule has 2 aromatic rings. The fraction of sp³-hybridized carbons (Fsp3) is 0.533. The first-order valence-electron chi connectivity index (χ1n) is 7.06. The largest absolute Gasteiger partial charge is 0.313 e. The molecule has 2 rings (SSSR count). The maximum atomic E-state index is 4.40. The van der Waals surface area contributed by atoms with E-state index >= 15 is 0 Å². The summed E-state index contributed by atoms with van der Waals surface area (Å²) in [7, 11) is 1.98. The molecule has 108 valence electrons. The van der Waals surface area contributed by atoms with Crippen molar-refractivity contribution in [2.45, 2.75) is 39.8 Å². The van der Waals surface area contributed by atoms with E-state index in [4.69, 9.17) is 0 Å². The van der Waals surface area contributed by atoms with Gasteiger partial charge in [0.15, 0.2) is 0 Å². The monoisotopic (exact) mass is 273 g/mol. The third kappa shape index (κ3) is 3.63. The van der Waals surface area contributed by atoms with Crippen LogP contribution in [0, 0.1) is 12.8 Å². The molecule has 0 fully saturated rings. The van der Waals surface area contributed by atoms with Crippen LogP contribution in [-0.2, 0) is 13.0 Å².